The van der Waals surface area contributed by atoms with Crippen LogP contribution in [0.25, 0.3) is 0 Å². The van der Waals surface area contributed by atoms with Crippen LogP contribution in [0.2, 0.25) is 0 Å². The van der Waals surface area contributed by atoms with Crippen LogP contribution in [0.15, 0.2) is 0 Å². The Morgan fingerprint density at radius 1 is 1.54 bits per heavy atom. The van der Waals surface area contributed by atoms with Crippen molar-refractivity contribution < 1.29 is 13.2 Å². The van der Waals surface area contributed by atoms with Crippen LogP contribution in [-0.4, -0.2) is 45.7 Å². The number of hydrogen-bond donors (Lipinski definition) is 1. The minimum atomic E-state index is -2.97. The highest BCUT2D eigenvalue weighted by Gasteiger charge is 2.33. The van der Waals surface area contributed by atoms with Crippen molar-refractivity contribution in [2.75, 3.05) is 26.0 Å². The molecule has 0 aromatic rings. The molecule has 78 valence electrons. The molecule has 0 saturated carbocycles. The van der Waals surface area contributed by atoms with Crippen molar-refractivity contribution in [2.45, 2.75) is 24.6 Å². The van der Waals surface area contributed by atoms with Gasteiger partial charge in [-0.1, -0.05) is 6.92 Å². The van der Waals surface area contributed by atoms with Crippen molar-refractivity contribution in [3.63, 3.8) is 0 Å². The van der Waals surface area contributed by atoms with Crippen LogP contribution in [0.5, 0.6) is 0 Å². The van der Waals surface area contributed by atoms with Crippen molar-refractivity contribution in [2.24, 2.45) is 0 Å². The van der Waals surface area contributed by atoms with E-state index in [0.717, 1.165) is 6.42 Å². The maximum absolute atomic E-state index is 11.6. The van der Waals surface area contributed by atoms with Crippen molar-refractivity contribution in [1.29, 1.82) is 0 Å². The Kier molecular flexibility index (Phi) is 3.70. The summed E-state index contributed by atoms with van der Waals surface area (Å²) < 4.78 is 28.4. The predicted octanol–water partition coefficient (Wildman–Crippen LogP) is -0.202. The Morgan fingerprint density at radius 2 is 2.23 bits per heavy atom. The number of hydrogen-bond acceptors (Lipinski definition) is 4. The molecule has 0 spiro atoms. The second kappa shape index (κ2) is 4.39. The molecule has 2 unspecified atom stereocenters. The van der Waals surface area contributed by atoms with Gasteiger partial charge in [-0.2, -0.15) is 0 Å². The predicted molar refractivity (Wildman–Crippen MR) is 51.5 cm³/mol. The summed E-state index contributed by atoms with van der Waals surface area (Å²) in [6.45, 7) is 2.67. The first-order valence-corrected chi connectivity index (χ1v) is 6.30. The molecule has 13 heavy (non-hydrogen) atoms. The van der Waals surface area contributed by atoms with Crippen molar-refractivity contribution in [3.8, 4) is 0 Å². The minimum Gasteiger partial charge on any atom is -0.380 e. The maximum atomic E-state index is 11.6. The largest absolute Gasteiger partial charge is 0.380 e. The Morgan fingerprint density at radius 3 is 2.77 bits per heavy atom. The number of rotatable bonds is 3. The second-order valence-electron chi connectivity index (χ2n) is 3.25. The lowest BCUT2D eigenvalue weighted by atomic mass is 10.1. The zero-order chi connectivity index (χ0) is 9.90. The lowest BCUT2D eigenvalue weighted by Gasteiger charge is -2.30. The highest BCUT2D eigenvalue weighted by Crippen LogP contribution is 2.15. The molecule has 1 N–H and O–H groups in total. The zero-order valence-corrected chi connectivity index (χ0v) is 8.93. The summed E-state index contributed by atoms with van der Waals surface area (Å²) in [6.07, 6.45) is 0.778. The van der Waals surface area contributed by atoms with E-state index in [1.807, 2.05) is 0 Å². The molecule has 0 aromatic carbocycles. The van der Waals surface area contributed by atoms with Gasteiger partial charge >= 0.3 is 0 Å². The summed E-state index contributed by atoms with van der Waals surface area (Å²) in [7, 11) is -1.17. The number of nitrogens with one attached hydrogen (secondary N) is 1. The molecule has 1 rings (SSSR count). The van der Waals surface area contributed by atoms with Crippen LogP contribution < -0.4 is 5.32 Å². The van der Waals surface area contributed by atoms with Crippen molar-refractivity contribution >= 4 is 9.84 Å². The lowest BCUT2D eigenvalue weighted by Crippen LogP contribution is -2.49. The SMILES string of the molecule is CCS(=O)(=O)C1COCCC1NC. The van der Waals surface area contributed by atoms with Crippen LogP contribution in [0.3, 0.4) is 0 Å². The molecular formula is C8H17NO3S. The Hall–Kier alpha value is -0.130. The first-order valence-electron chi connectivity index (χ1n) is 4.58. The van der Waals surface area contributed by atoms with Gasteiger partial charge in [-0.25, -0.2) is 8.42 Å². The van der Waals surface area contributed by atoms with Gasteiger partial charge in [0.25, 0.3) is 0 Å². The average molecular weight is 207 g/mol. The molecular weight excluding hydrogens is 190 g/mol. The number of sulfone groups is 1. The van der Waals surface area contributed by atoms with Crippen LogP contribution >= 0.6 is 0 Å². The second-order valence-corrected chi connectivity index (χ2v) is 5.76. The molecule has 0 aromatic heterocycles. The van der Waals surface area contributed by atoms with Crippen LogP contribution in [-0.2, 0) is 14.6 Å². The summed E-state index contributed by atoms with van der Waals surface area (Å²) in [6, 6.07) is 0.0544. The van der Waals surface area contributed by atoms with E-state index in [1.165, 1.54) is 0 Å². The summed E-state index contributed by atoms with van der Waals surface area (Å²) in [5.74, 6) is 0.194. The molecule has 1 aliphatic rings. The van der Waals surface area contributed by atoms with Crippen molar-refractivity contribution in [1.82, 2.24) is 5.32 Å². The Labute approximate surface area is 79.6 Å². The van der Waals surface area contributed by atoms with Crippen LogP contribution in [0.1, 0.15) is 13.3 Å². The Bertz CT molecular complexity index is 250. The first kappa shape index (κ1) is 10.9. The number of ether oxygens (including phenoxy) is 1. The van der Waals surface area contributed by atoms with E-state index in [2.05, 4.69) is 5.32 Å². The normalized spacial score (nSPS) is 30.3. The molecule has 5 heteroatoms. The smallest absolute Gasteiger partial charge is 0.156 e. The molecule has 1 heterocycles. The fourth-order valence-corrected chi connectivity index (χ4v) is 3.11. The molecule has 0 aliphatic carbocycles. The summed E-state index contributed by atoms with van der Waals surface area (Å²) in [5.41, 5.74) is 0. The summed E-state index contributed by atoms with van der Waals surface area (Å²) in [5, 5.41) is 2.67. The van der Waals surface area contributed by atoms with Crippen molar-refractivity contribution in [3.05, 3.63) is 0 Å². The van der Waals surface area contributed by atoms with Gasteiger partial charge in [0.1, 0.15) is 0 Å². The third kappa shape index (κ3) is 2.42. The standard InChI is InChI=1S/C8H17NO3S/c1-3-13(10,11)8-6-12-5-4-7(8)9-2/h7-9H,3-6H2,1-2H3. The fourth-order valence-electron chi connectivity index (χ4n) is 1.61. The molecule has 4 nitrogen and oxygen atoms in total. The van der Waals surface area contributed by atoms with Gasteiger partial charge in [-0.15, -0.1) is 0 Å². The summed E-state index contributed by atoms with van der Waals surface area (Å²) in [4.78, 5) is 0. The van der Waals surface area contributed by atoms with E-state index in [4.69, 9.17) is 4.74 Å². The van der Waals surface area contributed by atoms with Gasteiger partial charge in [0.05, 0.1) is 11.9 Å². The minimum absolute atomic E-state index is 0.0544. The van der Waals surface area contributed by atoms with Crippen LogP contribution in [0, 0.1) is 0 Å². The quantitative estimate of drug-likeness (QED) is 0.696. The van der Waals surface area contributed by atoms with E-state index < -0.39 is 9.84 Å². The van der Waals surface area contributed by atoms with Gasteiger partial charge in [0.2, 0.25) is 0 Å². The first-order chi connectivity index (χ1) is 6.11. The van der Waals surface area contributed by atoms with E-state index >= 15 is 0 Å². The van der Waals surface area contributed by atoms with Gasteiger partial charge in [0.15, 0.2) is 9.84 Å². The maximum Gasteiger partial charge on any atom is 0.156 e. The van der Waals surface area contributed by atoms with Gasteiger partial charge in [0, 0.05) is 18.4 Å². The monoisotopic (exact) mass is 207 g/mol. The molecule has 0 radical (unpaired) electrons. The zero-order valence-electron chi connectivity index (χ0n) is 8.12. The Balaban J connectivity index is 2.75. The molecule has 0 bridgehead atoms. The topological polar surface area (TPSA) is 55.4 Å². The summed E-state index contributed by atoms with van der Waals surface area (Å²) >= 11 is 0. The molecule has 1 saturated heterocycles. The van der Waals surface area contributed by atoms with Gasteiger partial charge in [-0.05, 0) is 13.5 Å². The molecule has 1 fully saturated rings. The van der Waals surface area contributed by atoms with Crippen LogP contribution in [0.4, 0.5) is 0 Å². The van der Waals surface area contributed by atoms with E-state index in [1.54, 1.807) is 14.0 Å². The molecule has 1 aliphatic heterocycles. The molecule has 0 amide bonds. The van der Waals surface area contributed by atoms with Gasteiger partial charge in [-0.3, -0.25) is 0 Å². The van der Waals surface area contributed by atoms with Gasteiger partial charge < -0.3 is 10.1 Å². The third-order valence-electron chi connectivity index (χ3n) is 2.54. The highest BCUT2D eigenvalue weighted by atomic mass is 32.2. The lowest BCUT2D eigenvalue weighted by molar-refractivity contribution is 0.0826. The highest BCUT2D eigenvalue weighted by molar-refractivity contribution is 7.92. The van der Waals surface area contributed by atoms with E-state index in [-0.39, 0.29) is 17.0 Å². The average Bonchev–Trinajstić information content (AvgIpc) is 2.18. The van der Waals surface area contributed by atoms with E-state index in [9.17, 15) is 8.42 Å². The fraction of sp³-hybridized carbons (Fsp3) is 1.00. The third-order valence-corrected chi connectivity index (χ3v) is 4.73. The van der Waals surface area contributed by atoms with E-state index in [0.29, 0.717) is 13.2 Å². The molecule has 2 atom stereocenters.